The minimum absolute atomic E-state index is 0.181. The number of rotatable bonds is 2. The maximum Gasteiger partial charge on any atom is 0.220 e. The molecule has 1 aromatic rings. The van der Waals surface area contributed by atoms with Gasteiger partial charge in [-0.05, 0) is 25.0 Å². The van der Waals surface area contributed by atoms with Gasteiger partial charge in [0.25, 0.3) is 0 Å². The second-order valence-electron chi connectivity index (χ2n) is 4.01. The van der Waals surface area contributed by atoms with Crippen LogP contribution in [0, 0.1) is 11.8 Å². The zero-order valence-electron chi connectivity index (χ0n) is 9.20. The molecule has 0 saturated carbocycles. The van der Waals surface area contributed by atoms with Crippen molar-refractivity contribution < 1.29 is 4.79 Å². The average Bonchev–Trinajstić information content (AvgIpc) is 2.72. The molecule has 0 aliphatic carbocycles. The van der Waals surface area contributed by atoms with Gasteiger partial charge in [0.05, 0.1) is 0 Å². The van der Waals surface area contributed by atoms with E-state index in [-0.39, 0.29) is 5.91 Å². The van der Waals surface area contributed by atoms with E-state index < -0.39 is 0 Å². The van der Waals surface area contributed by atoms with Crippen LogP contribution in [0.25, 0.3) is 0 Å². The SMILES string of the molecule is O=C1CC[C@@H](CCC#Cc2ccccc2)N1. The lowest BCUT2D eigenvalue weighted by Gasteiger charge is -2.05. The number of carbonyl (C=O) groups excluding carboxylic acids is 1. The van der Waals surface area contributed by atoms with Crippen LogP contribution >= 0.6 is 0 Å². The minimum Gasteiger partial charge on any atom is -0.353 e. The van der Waals surface area contributed by atoms with E-state index in [2.05, 4.69) is 17.2 Å². The molecule has 1 fully saturated rings. The molecule has 16 heavy (non-hydrogen) atoms. The first-order valence-corrected chi connectivity index (χ1v) is 5.68. The van der Waals surface area contributed by atoms with Crippen molar-refractivity contribution in [2.45, 2.75) is 31.7 Å². The highest BCUT2D eigenvalue weighted by atomic mass is 16.1. The number of carbonyl (C=O) groups is 1. The normalized spacial score (nSPS) is 18.8. The molecular weight excluding hydrogens is 198 g/mol. The van der Waals surface area contributed by atoms with Crippen LogP contribution in [0.15, 0.2) is 30.3 Å². The molecule has 2 heteroatoms. The lowest BCUT2D eigenvalue weighted by molar-refractivity contribution is -0.119. The molecule has 0 radical (unpaired) electrons. The number of hydrogen-bond donors (Lipinski definition) is 1. The molecular formula is C14H15NO. The summed E-state index contributed by atoms with van der Waals surface area (Å²) in [7, 11) is 0. The first-order chi connectivity index (χ1) is 7.84. The topological polar surface area (TPSA) is 29.1 Å². The minimum atomic E-state index is 0.181. The summed E-state index contributed by atoms with van der Waals surface area (Å²) in [5.41, 5.74) is 1.05. The molecule has 1 amide bonds. The third-order valence-electron chi connectivity index (χ3n) is 2.71. The molecule has 1 heterocycles. The summed E-state index contributed by atoms with van der Waals surface area (Å²) in [5, 5.41) is 2.95. The van der Waals surface area contributed by atoms with Gasteiger partial charge >= 0.3 is 0 Å². The lowest BCUT2D eigenvalue weighted by atomic mass is 10.1. The van der Waals surface area contributed by atoms with Crippen LogP contribution in [-0.2, 0) is 4.79 Å². The Morgan fingerprint density at radius 3 is 2.81 bits per heavy atom. The Labute approximate surface area is 96.1 Å². The van der Waals surface area contributed by atoms with Crippen LogP contribution in [0.5, 0.6) is 0 Å². The maximum atomic E-state index is 11.0. The molecule has 0 unspecified atom stereocenters. The van der Waals surface area contributed by atoms with Gasteiger partial charge in [-0.25, -0.2) is 0 Å². The second-order valence-corrected chi connectivity index (χ2v) is 4.01. The van der Waals surface area contributed by atoms with Crippen molar-refractivity contribution in [2.75, 3.05) is 0 Å². The maximum absolute atomic E-state index is 11.0. The molecule has 1 aliphatic rings. The summed E-state index contributed by atoms with van der Waals surface area (Å²) in [6, 6.07) is 10.3. The molecule has 2 rings (SSSR count). The van der Waals surface area contributed by atoms with Gasteiger partial charge in [0.2, 0.25) is 5.91 Å². The first kappa shape index (κ1) is 10.8. The molecule has 0 bridgehead atoms. The largest absolute Gasteiger partial charge is 0.353 e. The van der Waals surface area contributed by atoms with E-state index in [0.717, 1.165) is 24.8 Å². The molecule has 0 aromatic heterocycles. The molecule has 2 nitrogen and oxygen atoms in total. The monoisotopic (exact) mass is 213 g/mol. The molecule has 1 N–H and O–H groups in total. The van der Waals surface area contributed by atoms with Gasteiger partial charge in [-0.3, -0.25) is 4.79 Å². The van der Waals surface area contributed by atoms with Crippen molar-refractivity contribution in [3.8, 4) is 11.8 Å². The van der Waals surface area contributed by atoms with Gasteiger partial charge in [-0.1, -0.05) is 30.0 Å². The second kappa shape index (κ2) is 5.37. The summed E-state index contributed by atoms with van der Waals surface area (Å²) in [5.74, 6) is 6.44. The van der Waals surface area contributed by atoms with Crippen LogP contribution < -0.4 is 5.32 Å². The standard InChI is InChI=1S/C14H15NO/c16-14-11-10-13(15-14)9-5-4-8-12-6-2-1-3-7-12/h1-3,6-7,13H,5,9-11H2,(H,15,16)/t13-/m1/s1. The van der Waals surface area contributed by atoms with E-state index in [1.54, 1.807) is 0 Å². The van der Waals surface area contributed by atoms with Gasteiger partial charge < -0.3 is 5.32 Å². The van der Waals surface area contributed by atoms with E-state index in [4.69, 9.17) is 0 Å². The number of amides is 1. The van der Waals surface area contributed by atoms with Crippen LogP contribution in [0.3, 0.4) is 0 Å². The van der Waals surface area contributed by atoms with Gasteiger partial charge in [0.15, 0.2) is 0 Å². The zero-order valence-corrected chi connectivity index (χ0v) is 9.20. The predicted octanol–water partition coefficient (Wildman–Crippen LogP) is 2.10. The lowest BCUT2D eigenvalue weighted by Crippen LogP contribution is -2.24. The van der Waals surface area contributed by atoms with E-state index in [0.29, 0.717) is 12.5 Å². The van der Waals surface area contributed by atoms with Gasteiger partial charge in [0.1, 0.15) is 0 Å². The smallest absolute Gasteiger partial charge is 0.220 e. The van der Waals surface area contributed by atoms with Gasteiger partial charge in [-0.2, -0.15) is 0 Å². The number of nitrogens with one attached hydrogen (secondary N) is 1. The highest BCUT2D eigenvalue weighted by molar-refractivity contribution is 5.78. The molecule has 1 aliphatic heterocycles. The summed E-state index contributed by atoms with van der Waals surface area (Å²) in [6.07, 6.45) is 3.45. The van der Waals surface area contributed by atoms with E-state index in [1.807, 2.05) is 30.3 Å². The van der Waals surface area contributed by atoms with Crippen LogP contribution in [0.4, 0.5) is 0 Å². The molecule has 82 valence electrons. The fraction of sp³-hybridized carbons (Fsp3) is 0.357. The highest BCUT2D eigenvalue weighted by Gasteiger charge is 2.19. The van der Waals surface area contributed by atoms with E-state index in [9.17, 15) is 4.79 Å². The Hall–Kier alpha value is -1.75. The molecule has 1 atom stereocenters. The quantitative estimate of drug-likeness (QED) is 0.749. The van der Waals surface area contributed by atoms with Crippen molar-refractivity contribution in [1.82, 2.24) is 5.32 Å². The number of benzene rings is 1. The fourth-order valence-electron chi connectivity index (χ4n) is 1.83. The number of hydrogen-bond acceptors (Lipinski definition) is 1. The van der Waals surface area contributed by atoms with Gasteiger partial charge in [0, 0.05) is 24.4 Å². The van der Waals surface area contributed by atoms with Crippen LogP contribution in [-0.4, -0.2) is 11.9 Å². The molecule has 1 aromatic carbocycles. The van der Waals surface area contributed by atoms with Crippen molar-refractivity contribution in [3.63, 3.8) is 0 Å². The van der Waals surface area contributed by atoms with Gasteiger partial charge in [-0.15, -0.1) is 0 Å². The average molecular weight is 213 g/mol. The molecule has 1 saturated heterocycles. The Morgan fingerprint density at radius 2 is 2.12 bits per heavy atom. The van der Waals surface area contributed by atoms with E-state index in [1.165, 1.54) is 0 Å². The Morgan fingerprint density at radius 1 is 1.31 bits per heavy atom. The third kappa shape index (κ3) is 3.13. The Kier molecular flexibility index (Phi) is 3.61. The van der Waals surface area contributed by atoms with Crippen molar-refractivity contribution in [1.29, 1.82) is 0 Å². The summed E-state index contributed by atoms with van der Waals surface area (Å²) < 4.78 is 0. The van der Waals surface area contributed by atoms with Crippen LogP contribution in [0.1, 0.15) is 31.2 Å². The van der Waals surface area contributed by atoms with Crippen LogP contribution in [0.2, 0.25) is 0 Å². The fourth-order valence-corrected chi connectivity index (χ4v) is 1.83. The predicted molar refractivity (Wildman–Crippen MR) is 63.7 cm³/mol. The third-order valence-corrected chi connectivity index (χ3v) is 2.71. The molecule has 0 spiro atoms. The summed E-state index contributed by atoms with van der Waals surface area (Å²) in [4.78, 5) is 11.0. The summed E-state index contributed by atoms with van der Waals surface area (Å²) >= 11 is 0. The Balaban J connectivity index is 1.76. The van der Waals surface area contributed by atoms with E-state index >= 15 is 0 Å². The first-order valence-electron chi connectivity index (χ1n) is 5.68. The highest BCUT2D eigenvalue weighted by Crippen LogP contribution is 2.11. The summed E-state index contributed by atoms with van der Waals surface area (Å²) in [6.45, 7) is 0. The zero-order chi connectivity index (χ0) is 11.2. The van der Waals surface area contributed by atoms with Crippen molar-refractivity contribution in [3.05, 3.63) is 35.9 Å². The van der Waals surface area contributed by atoms with Crippen molar-refractivity contribution >= 4 is 5.91 Å². The Bertz CT molecular complexity index is 413. The van der Waals surface area contributed by atoms with Crippen molar-refractivity contribution in [2.24, 2.45) is 0 Å².